The first-order valence-corrected chi connectivity index (χ1v) is 11.7. The van der Waals surface area contributed by atoms with Crippen molar-refractivity contribution in [3.8, 4) is 22.4 Å². The number of pyridine rings is 1. The summed E-state index contributed by atoms with van der Waals surface area (Å²) in [6, 6.07) is 17.9. The van der Waals surface area contributed by atoms with Gasteiger partial charge < -0.3 is 11.1 Å². The molecule has 0 aliphatic heterocycles. The number of nitrogens with two attached hydrogens (primary N) is 1. The monoisotopic (exact) mass is 523 g/mol. The molecule has 0 radical (unpaired) electrons. The quantitative estimate of drug-likeness (QED) is 0.273. The van der Waals surface area contributed by atoms with Crippen LogP contribution < -0.4 is 11.1 Å². The summed E-state index contributed by atoms with van der Waals surface area (Å²) < 4.78 is 42.1. The normalized spacial score (nSPS) is 12.6. The highest BCUT2D eigenvalue weighted by atomic mass is 35.5. The summed E-state index contributed by atoms with van der Waals surface area (Å²) in [6.45, 7) is 0.384. The summed E-state index contributed by atoms with van der Waals surface area (Å²) in [5.74, 6) is 0.391. The lowest BCUT2D eigenvalue weighted by Crippen LogP contribution is -2.32. The fourth-order valence-corrected chi connectivity index (χ4v) is 4.27. The van der Waals surface area contributed by atoms with E-state index in [1.807, 2.05) is 30.3 Å². The van der Waals surface area contributed by atoms with Gasteiger partial charge in [-0.25, -0.2) is 9.97 Å². The fourth-order valence-electron chi connectivity index (χ4n) is 4.09. The lowest BCUT2D eigenvalue weighted by Gasteiger charge is -2.18. The Kier molecular flexibility index (Phi) is 6.77. The van der Waals surface area contributed by atoms with Crippen molar-refractivity contribution in [2.24, 2.45) is 5.73 Å². The Morgan fingerprint density at radius 1 is 1.00 bits per heavy atom. The number of hydrogen-bond acceptors (Lipinski definition) is 6. The number of hydrogen-bond donors (Lipinski definition) is 2. The standard InChI is InChI=1S/C26H21ClF3N7/c27-21-13-18(9-10-32-21)23-22(17-7-4-8-19(12-17)26(28,29)30)24-36-34-15-37(24)25(35-23)33-14-20(31)11-16-5-2-1-3-6-16/h1-10,12-13,15,20H,11,14,31H2,(H,33,35)/t20-/m1/s1. The zero-order valence-corrected chi connectivity index (χ0v) is 20.1. The molecule has 0 saturated heterocycles. The summed E-state index contributed by atoms with van der Waals surface area (Å²) in [6.07, 6.45) is -0.905. The summed E-state index contributed by atoms with van der Waals surface area (Å²) in [5.41, 5.74) is 8.62. The third kappa shape index (κ3) is 5.40. The number of benzene rings is 2. The second-order valence-electron chi connectivity index (χ2n) is 8.46. The van der Waals surface area contributed by atoms with Crippen LogP contribution in [0.15, 0.2) is 79.3 Å². The SMILES string of the molecule is N[C@@H](CNc1nc(-c2ccnc(Cl)c2)c(-c2cccc(C(F)(F)F)c2)c2nncn12)Cc1ccccc1. The van der Waals surface area contributed by atoms with Gasteiger partial charge in [-0.3, -0.25) is 4.40 Å². The number of nitrogens with zero attached hydrogens (tertiary/aromatic N) is 5. The molecule has 37 heavy (non-hydrogen) atoms. The first-order valence-electron chi connectivity index (χ1n) is 11.4. The van der Waals surface area contributed by atoms with Crippen LogP contribution in [0.2, 0.25) is 5.15 Å². The fraction of sp³-hybridized carbons (Fsp3) is 0.154. The molecule has 3 N–H and O–H groups in total. The maximum atomic E-state index is 13.5. The number of fused-ring (bicyclic) bond motifs is 1. The second-order valence-corrected chi connectivity index (χ2v) is 8.85. The highest BCUT2D eigenvalue weighted by Gasteiger charge is 2.31. The molecule has 0 bridgehead atoms. The predicted molar refractivity (Wildman–Crippen MR) is 136 cm³/mol. The zero-order valence-electron chi connectivity index (χ0n) is 19.3. The van der Waals surface area contributed by atoms with Crippen LogP contribution in [0.4, 0.5) is 19.1 Å². The van der Waals surface area contributed by atoms with Gasteiger partial charge in [-0.15, -0.1) is 10.2 Å². The maximum absolute atomic E-state index is 13.5. The van der Waals surface area contributed by atoms with Crippen LogP contribution in [0.3, 0.4) is 0 Å². The van der Waals surface area contributed by atoms with Crippen molar-refractivity contribution in [2.45, 2.75) is 18.6 Å². The van der Waals surface area contributed by atoms with Gasteiger partial charge in [0.25, 0.3) is 0 Å². The van der Waals surface area contributed by atoms with E-state index in [1.54, 1.807) is 22.6 Å². The molecular weight excluding hydrogens is 503 g/mol. The third-order valence-electron chi connectivity index (χ3n) is 5.80. The zero-order chi connectivity index (χ0) is 26.0. The van der Waals surface area contributed by atoms with Gasteiger partial charge in [-0.05, 0) is 41.8 Å². The summed E-state index contributed by atoms with van der Waals surface area (Å²) in [7, 11) is 0. The van der Waals surface area contributed by atoms with E-state index in [4.69, 9.17) is 22.3 Å². The van der Waals surface area contributed by atoms with E-state index in [9.17, 15) is 13.2 Å². The molecule has 0 spiro atoms. The van der Waals surface area contributed by atoms with Crippen molar-refractivity contribution < 1.29 is 13.2 Å². The molecule has 0 amide bonds. The largest absolute Gasteiger partial charge is 0.416 e. The topological polar surface area (TPSA) is 94.0 Å². The van der Waals surface area contributed by atoms with Crippen molar-refractivity contribution in [1.29, 1.82) is 0 Å². The number of aromatic nitrogens is 5. The van der Waals surface area contributed by atoms with Crippen LogP contribution in [0.1, 0.15) is 11.1 Å². The maximum Gasteiger partial charge on any atom is 0.416 e. The third-order valence-corrected chi connectivity index (χ3v) is 6.00. The van der Waals surface area contributed by atoms with E-state index >= 15 is 0 Å². The van der Waals surface area contributed by atoms with Crippen LogP contribution in [0.25, 0.3) is 28.0 Å². The molecule has 2 aromatic carbocycles. The minimum Gasteiger partial charge on any atom is -0.354 e. The van der Waals surface area contributed by atoms with Crippen LogP contribution in [0, 0.1) is 0 Å². The lowest BCUT2D eigenvalue weighted by atomic mass is 9.99. The molecule has 188 valence electrons. The lowest BCUT2D eigenvalue weighted by molar-refractivity contribution is -0.137. The first kappa shape index (κ1) is 24.7. The van der Waals surface area contributed by atoms with Crippen molar-refractivity contribution in [2.75, 3.05) is 11.9 Å². The summed E-state index contributed by atoms with van der Waals surface area (Å²) in [5, 5.41) is 11.7. The van der Waals surface area contributed by atoms with Crippen LogP contribution >= 0.6 is 11.6 Å². The Bertz CT molecular complexity index is 1540. The molecule has 0 saturated carbocycles. The van der Waals surface area contributed by atoms with Gasteiger partial charge in [0.05, 0.1) is 16.8 Å². The van der Waals surface area contributed by atoms with Gasteiger partial charge in [0.15, 0.2) is 5.65 Å². The molecule has 5 aromatic rings. The smallest absolute Gasteiger partial charge is 0.354 e. The average molecular weight is 524 g/mol. The predicted octanol–water partition coefficient (Wildman–Crippen LogP) is 5.51. The van der Waals surface area contributed by atoms with E-state index in [0.717, 1.165) is 17.7 Å². The minimum absolute atomic E-state index is 0.218. The first-order chi connectivity index (χ1) is 17.8. The summed E-state index contributed by atoms with van der Waals surface area (Å²) >= 11 is 6.14. The van der Waals surface area contributed by atoms with Gasteiger partial charge in [0.2, 0.25) is 5.95 Å². The minimum atomic E-state index is -4.51. The Morgan fingerprint density at radius 2 is 1.81 bits per heavy atom. The van der Waals surface area contributed by atoms with Crippen LogP contribution in [-0.4, -0.2) is 37.2 Å². The Morgan fingerprint density at radius 3 is 2.57 bits per heavy atom. The van der Waals surface area contributed by atoms with Gasteiger partial charge in [-0.2, -0.15) is 13.2 Å². The number of halogens is 4. The van der Waals surface area contributed by atoms with Crippen molar-refractivity contribution in [3.63, 3.8) is 0 Å². The molecule has 7 nitrogen and oxygen atoms in total. The Hall–Kier alpha value is -4.02. The Balaban J connectivity index is 1.60. The molecule has 11 heteroatoms. The highest BCUT2D eigenvalue weighted by molar-refractivity contribution is 6.29. The van der Waals surface area contributed by atoms with Crippen molar-refractivity contribution >= 4 is 23.2 Å². The highest BCUT2D eigenvalue weighted by Crippen LogP contribution is 2.38. The molecule has 3 heterocycles. The van der Waals surface area contributed by atoms with Crippen LogP contribution in [0.5, 0.6) is 0 Å². The molecule has 0 aliphatic rings. The van der Waals surface area contributed by atoms with Crippen molar-refractivity contribution in [1.82, 2.24) is 24.6 Å². The van der Waals surface area contributed by atoms with Crippen LogP contribution in [-0.2, 0) is 12.6 Å². The summed E-state index contributed by atoms with van der Waals surface area (Å²) in [4.78, 5) is 8.79. The number of nitrogens with one attached hydrogen (secondary N) is 1. The molecule has 5 rings (SSSR count). The molecule has 3 aromatic heterocycles. The van der Waals surface area contributed by atoms with E-state index in [-0.39, 0.29) is 16.8 Å². The second kappa shape index (κ2) is 10.2. The van der Waals surface area contributed by atoms with Gasteiger partial charge in [0.1, 0.15) is 11.5 Å². The van der Waals surface area contributed by atoms with E-state index in [0.29, 0.717) is 41.4 Å². The van der Waals surface area contributed by atoms with Crippen molar-refractivity contribution in [3.05, 3.63) is 95.5 Å². The van der Waals surface area contributed by atoms with E-state index in [2.05, 4.69) is 20.5 Å². The Labute approximate surface area is 215 Å². The number of alkyl halides is 3. The average Bonchev–Trinajstić information content (AvgIpc) is 3.37. The molecule has 0 unspecified atom stereocenters. The number of anilines is 1. The molecule has 0 fully saturated rings. The number of rotatable bonds is 7. The van der Waals surface area contributed by atoms with E-state index in [1.165, 1.54) is 18.6 Å². The molecule has 1 atom stereocenters. The van der Waals surface area contributed by atoms with E-state index < -0.39 is 11.7 Å². The van der Waals surface area contributed by atoms with Gasteiger partial charge in [0, 0.05) is 24.3 Å². The van der Waals surface area contributed by atoms with Gasteiger partial charge >= 0.3 is 6.18 Å². The molecular formula is C26H21ClF3N7. The van der Waals surface area contributed by atoms with Gasteiger partial charge in [-0.1, -0.05) is 54.1 Å². The molecule has 0 aliphatic carbocycles.